The molecule has 1 saturated heterocycles. The largest absolute Gasteiger partial charge is 0.507 e. The third kappa shape index (κ3) is 5.14. The number of rotatable bonds is 6. The molecule has 0 amide bonds. The van der Waals surface area contributed by atoms with E-state index in [2.05, 4.69) is 15.3 Å². The van der Waals surface area contributed by atoms with E-state index in [4.69, 9.17) is 35.3 Å². The van der Waals surface area contributed by atoms with E-state index in [1.807, 2.05) is 0 Å². The van der Waals surface area contributed by atoms with Crippen LogP contribution in [0.3, 0.4) is 0 Å². The molecular formula is C22H22ClFN4O7. The van der Waals surface area contributed by atoms with Gasteiger partial charge in [0.2, 0.25) is 0 Å². The Hall–Kier alpha value is -3.48. The first-order valence-corrected chi connectivity index (χ1v) is 10.9. The molecule has 1 aromatic carbocycles. The van der Waals surface area contributed by atoms with Crippen molar-refractivity contribution in [3.05, 3.63) is 63.7 Å². The van der Waals surface area contributed by atoms with Crippen molar-refractivity contribution in [3.8, 4) is 0 Å². The van der Waals surface area contributed by atoms with Gasteiger partial charge in [-0.3, -0.25) is 9.89 Å². The predicted molar refractivity (Wildman–Crippen MR) is 119 cm³/mol. The van der Waals surface area contributed by atoms with E-state index in [1.165, 1.54) is 25.6 Å². The lowest BCUT2D eigenvalue weighted by Crippen LogP contribution is -2.50. The molecule has 0 aliphatic carbocycles. The van der Waals surface area contributed by atoms with Crippen LogP contribution in [0, 0.1) is 12.7 Å². The van der Waals surface area contributed by atoms with Crippen molar-refractivity contribution in [1.82, 2.24) is 15.2 Å². The second-order valence-electron chi connectivity index (χ2n) is 7.67. The van der Waals surface area contributed by atoms with Crippen LogP contribution >= 0.6 is 11.6 Å². The smallest absolute Gasteiger partial charge is 0.466 e. The molecule has 4 rings (SSSR count). The monoisotopic (exact) mass is 508 g/mol. The quantitative estimate of drug-likeness (QED) is 0.560. The highest BCUT2D eigenvalue weighted by Gasteiger charge is 2.37. The van der Waals surface area contributed by atoms with Crippen molar-refractivity contribution in [2.75, 3.05) is 33.4 Å². The van der Waals surface area contributed by atoms with Gasteiger partial charge in [0.25, 0.3) is 0 Å². The number of aliphatic imine (C=N–C) groups is 1. The Morgan fingerprint density at radius 1 is 1.40 bits per heavy atom. The molecule has 2 aliphatic heterocycles. The molecule has 1 fully saturated rings. The zero-order valence-electron chi connectivity index (χ0n) is 18.8. The van der Waals surface area contributed by atoms with E-state index in [1.54, 1.807) is 17.9 Å². The predicted octanol–water partition coefficient (Wildman–Crippen LogP) is 2.65. The maximum absolute atomic E-state index is 14.4. The van der Waals surface area contributed by atoms with Crippen LogP contribution in [0.4, 0.5) is 9.18 Å². The summed E-state index contributed by atoms with van der Waals surface area (Å²) in [6.45, 7) is 2.37. The summed E-state index contributed by atoms with van der Waals surface area (Å²) < 4.78 is 35.0. The van der Waals surface area contributed by atoms with Crippen molar-refractivity contribution in [2.24, 2.45) is 4.99 Å². The molecule has 2 N–H and O–H groups in total. The first kappa shape index (κ1) is 24.6. The van der Waals surface area contributed by atoms with Crippen LogP contribution in [0.15, 0.2) is 45.3 Å². The van der Waals surface area contributed by atoms with Crippen LogP contribution in [0.2, 0.25) is 5.02 Å². The first-order valence-electron chi connectivity index (χ1n) is 10.5. The number of oxazole rings is 1. The van der Waals surface area contributed by atoms with Gasteiger partial charge in [-0.2, -0.15) is 0 Å². The number of carbonyl (C=O) groups is 2. The number of nitrogens with zero attached hydrogens (tertiary/aromatic N) is 3. The number of hydrogen-bond acceptors (Lipinski definition) is 10. The van der Waals surface area contributed by atoms with Crippen molar-refractivity contribution < 1.29 is 37.7 Å². The topological polar surface area (TPSA) is 136 Å². The zero-order valence-corrected chi connectivity index (χ0v) is 19.5. The summed E-state index contributed by atoms with van der Waals surface area (Å²) in [4.78, 5) is 34.7. The van der Waals surface area contributed by atoms with Gasteiger partial charge in [-0.25, -0.2) is 19.0 Å². The van der Waals surface area contributed by atoms with Gasteiger partial charge in [-0.1, -0.05) is 23.7 Å². The number of aryl methyl sites for hydroxylation is 1. The van der Waals surface area contributed by atoms with Gasteiger partial charge in [0.05, 0.1) is 30.9 Å². The molecule has 3 heterocycles. The van der Waals surface area contributed by atoms with E-state index in [-0.39, 0.29) is 35.1 Å². The lowest BCUT2D eigenvalue weighted by atomic mass is 9.94. The zero-order chi connectivity index (χ0) is 25.1. The minimum atomic E-state index is -1.46. The maximum atomic E-state index is 14.4. The van der Waals surface area contributed by atoms with E-state index in [9.17, 15) is 14.0 Å². The van der Waals surface area contributed by atoms with Crippen LogP contribution in [0.5, 0.6) is 0 Å². The molecule has 0 spiro atoms. The summed E-state index contributed by atoms with van der Waals surface area (Å²) in [5.74, 6) is -0.680. The Morgan fingerprint density at radius 2 is 2.20 bits per heavy atom. The highest BCUT2D eigenvalue weighted by Crippen LogP contribution is 2.37. The van der Waals surface area contributed by atoms with Gasteiger partial charge >= 0.3 is 12.1 Å². The molecule has 0 saturated carbocycles. The number of morpholine rings is 1. The Morgan fingerprint density at radius 3 is 2.89 bits per heavy atom. The SMILES string of the molecule is COC(=O)C1=C(CN2CCOC[C@@H]2OC(=O)O)NC(c2ncoc2C)=N[C@H]1c1cccc(F)c1Cl. The van der Waals surface area contributed by atoms with Gasteiger partial charge < -0.3 is 29.1 Å². The summed E-state index contributed by atoms with van der Waals surface area (Å²) in [6.07, 6.45) is -1.13. The Balaban J connectivity index is 1.83. The van der Waals surface area contributed by atoms with Gasteiger partial charge in [-0.15, -0.1) is 0 Å². The number of esters is 1. The third-order valence-electron chi connectivity index (χ3n) is 5.57. The van der Waals surface area contributed by atoms with E-state index in [0.717, 1.165) is 0 Å². The Bertz CT molecular complexity index is 1200. The van der Waals surface area contributed by atoms with E-state index >= 15 is 0 Å². The number of carbonyl (C=O) groups excluding carboxylic acids is 1. The van der Waals surface area contributed by atoms with E-state index in [0.29, 0.717) is 30.3 Å². The molecule has 35 heavy (non-hydrogen) atoms. The van der Waals surface area contributed by atoms with Crippen LogP contribution < -0.4 is 5.32 Å². The normalized spacial score (nSPS) is 20.7. The van der Waals surface area contributed by atoms with Gasteiger partial charge in [0.1, 0.15) is 23.3 Å². The standard InChI is InChI=1S/C22H22ClFN4O7/c1-11-18(25-10-34-11)20-26-14(8-28-6-7-33-9-15(28)35-22(30)31)16(21(29)32-2)19(27-20)12-4-3-5-13(24)17(12)23/h3-5,10,15,19H,6-9H2,1-2H3,(H,26,27)(H,30,31)/t15-,19-/m0/s1. The molecule has 2 aliphatic rings. The molecule has 2 aromatic rings. The lowest BCUT2D eigenvalue weighted by Gasteiger charge is -2.36. The molecule has 186 valence electrons. The lowest BCUT2D eigenvalue weighted by molar-refractivity contribution is -0.136. The molecule has 0 bridgehead atoms. The second-order valence-corrected chi connectivity index (χ2v) is 8.05. The summed E-state index contributed by atoms with van der Waals surface area (Å²) >= 11 is 6.28. The average Bonchev–Trinajstić information content (AvgIpc) is 3.26. The van der Waals surface area contributed by atoms with Gasteiger partial charge in [0.15, 0.2) is 18.5 Å². The minimum Gasteiger partial charge on any atom is -0.466 e. The molecule has 13 heteroatoms. The Labute approximate surface area is 204 Å². The van der Waals surface area contributed by atoms with Crippen molar-refractivity contribution in [3.63, 3.8) is 0 Å². The molecule has 0 unspecified atom stereocenters. The molecule has 2 atom stereocenters. The fraction of sp³-hybridized carbons (Fsp3) is 0.364. The number of hydrogen-bond donors (Lipinski definition) is 2. The van der Waals surface area contributed by atoms with Gasteiger partial charge in [0, 0.05) is 24.4 Å². The highest BCUT2D eigenvalue weighted by molar-refractivity contribution is 6.31. The minimum absolute atomic E-state index is 0.00956. The fourth-order valence-electron chi connectivity index (χ4n) is 3.90. The second kappa shape index (κ2) is 10.4. The van der Waals surface area contributed by atoms with Crippen LogP contribution in [-0.2, 0) is 19.0 Å². The summed E-state index contributed by atoms with van der Waals surface area (Å²) in [5, 5.41) is 12.0. The summed E-state index contributed by atoms with van der Waals surface area (Å²) in [5.41, 5.74) is 1.02. The number of carboxylic acid groups (broad SMARTS) is 1. The van der Waals surface area contributed by atoms with Gasteiger partial charge in [-0.05, 0) is 13.0 Å². The summed E-state index contributed by atoms with van der Waals surface area (Å²) in [6, 6.07) is 3.17. The fourth-order valence-corrected chi connectivity index (χ4v) is 4.13. The first-order chi connectivity index (χ1) is 16.8. The van der Waals surface area contributed by atoms with E-state index < -0.39 is 30.2 Å². The van der Waals surface area contributed by atoms with Crippen molar-refractivity contribution in [1.29, 1.82) is 0 Å². The number of nitrogens with one attached hydrogen (secondary N) is 1. The molecule has 0 radical (unpaired) electrons. The number of methoxy groups -OCH3 is 1. The highest BCUT2D eigenvalue weighted by atomic mass is 35.5. The van der Waals surface area contributed by atoms with Crippen molar-refractivity contribution in [2.45, 2.75) is 19.2 Å². The van der Waals surface area contributed by atoms with Crippen molar-refractivity contribution >= 4 is 29.6 Å². The Kier molecular flexibility index (Phi) is 7.34. The third-order valence-corrected chi connectivity index (χ3v) is 5.96. The van der Waals surface area contributed by atoms with Crippen LogP contribution in [-0.4, -0.2) is 72.6 Å². The molecule has 1 aromatic heterocycles. The van der Waals surface area contributed by atoms with Crippen LogP contribution in [0.25, 0.3) is 0 Å². The number of amidine groups is 1. The number of ether oxygens (including phenoxy) is 3. The number of halogens is 2. The van der Waals surface area contributed by atoms with Crippen LogP contribution in [0.1, 0.15) is 23.1 Å². The average molecular weight is 509 g/mol. The number of aromatic nitrogens is 1. The maximum Gasteiger partial charge on any atom is 0.507 e. The number of benzene rings is 1. The summed E-state index contributed by atoms with van der Waals surface area (Å²) in [7, 11) is 1.21. The molecular weight excluding hydrogens is 487 g/mol. The molecule has 11 nitrogen and oxygen atoms in total.